The molecule has 0 fully saturated rings. The van der Waals surface area contributed by atoms with Gasteiger partial charge in [-0.15, -0.1) is 11.8 Å². The van der Waals surface area contributed by atoms with Crippen LogP contribution in [0, 0.1) is 6.92 Å². The Balaban J connectivity index is 1.42. The number of fused-ring (bicyclic) bond motifs is 1. The van der Waals surface area contributed by atoms with Gasteiger partial charge in [0.2, 0.25) is 5.91 Å². The minimum Gasteiger partial charge on any atom is -0.338 e. The van der Waals surface area contributed by atoms with Gasteiger partial charge in [0.1, 0.15) is 0 Å². The lowest BCUT2D eigenvalue weighted by Gasteiger charge is -2.29. The Hall–Kier alpha value is -3.25. The molecule has 0 aliphatic carbocycles. The maximum atomic E-state index is 12.6. The van der Waals surface area contributed by atoms with E-state index in [2.05, 4.69) is 22.8 Å². The van der Waals surface area contributed by atoms with Gasteiger partial charge in [-0.2, -0.15) is 0 Å². The first kappa shape index (κ1) is 21.0. The predicted molar refractivity (Wildman–Crippen MR) is 127 cm³/mol. The van der Waals surface area contributed by atoms with E-state index in [1.54, 1.807) is 4.90 Å². The monoisotopic (exact) mass is 431 g/mol. The number of nitrogens with zero attached hydrogens (tertiary/aromatic N) is 1. The average Bonchev–Trinajstić information content (AvgIpc) is 2.78. The first-order valence-electron chi connectivity index (χ1n) is 10.3. The maximum Gasteiger partial charge on any atom is 0.319 e. The van der Waals surface area contributed by atoms with Gasteiger partial charge >= 0.3 is 6.03 Å². The Kier molecular flexibility index (Phi) is 6.57. The molecule has 0 radical (unpaired) electrons. The van der Waals surface area contributed by atoms with Crippen LogP contribution in [0.25, 0.3) is 0 Å². The molecule has 0 saturated carbocycles. The molecule has 3 aromatic carbocycles. The van der Waals surface area contributed by atoms with Gasteiger partial charge in [0.25, 0.3) is 0 Å². The summed E-state index contributed by atoms with van der Waals surface area (Å²) in [6.45, 7) is 3.11. The maximum absolute atomic E-state index is 12.6. The number of anilines is 2. The van der Waals surface area contributed by atoms with E-state index >= 15 is 0 Å². The Morgan fingerprint density at radius 3 is 2.55 bits per heavy atom. The number of aryl methyl sites for hydroxylation is 1. The minimum atomic E-state index is -0.254. The summed E-state index contributed by atoms with van der Waals surface area (Å²) in [5.41, 5.74) is 4.95. The average molecular weight is 432 g/mol. The first-order chi connectivity index (χ1) is 15.1. The van der Waals surface area contributed by atoms with E-state index in [-0.39, 0.29) is 11.9 Å². The van der Waals surface area contributed by atoms with Crippen LogP contribution in [0.1, 0.15) is 16.7 Å². The fourth-order valence-corrected chi connectivity index (χ4v) is 4.39. The Morgan fingerprint density at radius 1 is 1.00 bits per heavy atom. The normalized spacial score (nSPS) is 12.9. The fourth-order valence-electron chi connectivity index (χ4n) is 3.47. The summed E-state index contributed by atoms with van der Waals surface area (Å²) >= 11 is 1.53. The number of carbonyl (C=O) groups is 2. The number of rotatable bonds is 6. The molecule has 0 aromatic heterocycles. The van der Waals surface area contributed by atoms with Crippen molar-refractivity contribution in [3.8, 4) is 0 Å². The number of hydrogen-bond acceptors (Lipinski definition) is 3. The highest BCUT2D eigenvalue weighted by molar-refractivity contribution is 8.00. The van der Waals surface area contributed by atoms with Crippen LogP contribution >= 0.6 is 11.8 Å². The largest absolute Gasteiger partial charge is 0.338 e. The third kappa shape index (κ3) is 5.47. The molecule has 5 nitrogen and oxygen atoms in total. The standard InChI is InChI=1S/C25H25N3O2S/c1-18-7-9-20(10-8-18)16-28-22-15-21(11-12-23(22)31-17-24(28)29)27-25(30)26-14-13-19-5-3-2-4-6-19/h2-12,15H,13-14,16-17H2,1H3,(H2,26,27,30). The topological polar surface area (TPSA) is 61.4 Å². The molecule has 0 atom stereocenters. The Bertz CT molecular complexity index is 1070. The van der Waals surface area contributed by atoms with Crippen molar-refractivity contribution in [1.82, 2.24) is 5.32 Å². The van der Waals surface area contributed by atoms with Crippen LogP contribution in [0.15, 0.2) is 77.7 Å². The predicted octanol–water partition coefficient (Wildman–Crippen LogP) is 5.00. The summed E-state index contributed by atoms with van der Waals surface area (Å²) in [7, 11) is 0. The first-order valence-corrected chi connectivity index (χ1v) is 11.3. The second-order valence-corrected chi connectivity index (χ2v) is 8.57. The number of amides is 3. The molecule has 1 aliphatic rings. The van der Waals surface area contributed by atoms with Crippen molar-refractivity contribution < 1.29 is 9.59 Å². The van der Waals surface area contributed by atoms with Gasteiger partial charge in [0.05, 0.1) is 18.0 Å². The van der Waals surface area contributed by atoms with E-state index in [1.165, 1.54) is 22.9 Å². The van der Waals surface area contributed by atoms with Crippen molar-refractivity contribution >= 4 is 35.1 Å². The summed E-state index contributed by atoms with van der Waals surface area (Å²) in [6.07, 6.45) is 0.772. The Labute approximate surface area is 186 Å². The van der Waals surface area contributed by atoms with Crippen molar-refractivity contribution in [3.63, 3.8) is 0 Å². The van der Waals surface area contributed by atoms with Gasteiger partial charge < -0.3 is 15.5 Å². The van der Waals surface area contributed by atoms with E-state index in [9.17, 15) is 9.59 Å². The lowest BCUT2D eigenvalue weighted by atomic mass is 10.1. The SMILES string of the molecule is Cc1ccc(CN2C(=O)CSc3ccc(NC(=O)NCCc4ccccc4)cc32)cc1. The number of hydrogen-bond donors (Lipinski definition) is 2. The summed E-state index contributed by atoms with van der Waals surface area (Å²) in [5, 5.41) is 5.78. The van der Waals surface area contributed by atoms with Crippen LogP contribution in [0.3, 0.4) is 0 Å². The number of nitrogens with one attached hydrogen (secondary N) is 2. The van der Waals surface area contributed by atoms with Crippen LogP contribution in [0.5, 0.6) is 0 Å². The zero-order chi connectivity index (χ0) is 21.6. The van der Waals surface area contributed by atoms with Crippen LogP contribution < -0.4 is 15.5 Å². The van der Waals surface area contributed by atoms with Crippen molar-refractivity contribution in [2.24, 2.45) is 0 Å². The van der Waals surface area contributed by atoms with Gasteiger partial charge in [-0.3, -0.25) is 4.79 Å². The van der Waals surface area contributed by atoms with Crippen LogP contribution in [0.2, 0.25) is 0 Å². The molecule has 6 heteroatoms. The lowest BCUT2D eigenvalue weighted by molar-refractivity contribution is -0.116. The van der Waals surface area contributed by atoms with Crippen LogP contribution in [-0.4, -0.2) is 24.2 Å². The van der Waals surface area contributed by atoms with E-state index in [0.717, 1.165) is 22.6 Å². The van der Waals surface area contributed by atoms with Gasteiger partial charge in [-0.05, 0) is 42.7 Å². The summed E-state index contributed by atoms with van der Waals surface area (Å²) in [5.74, 6) is 0.494. The highest BCUT2D eigenvalue weighted by atomic mass is 32.2. The minimum absolute atomic E-state index is 0.0718. The van der Waals surface area contributed by atoms with Crippen molar-refractivity contribution in [3.05, 3.63) is 89.5 Å². The van der Waals surface area contributed by atoms with Crippen molar-refractivity contribution in [2.75, 3.05) is 22.5 Å². The molecular formula is C25H25N3O2S. The number of carbonyl (C=O) groups excluding carboxylic acids is 2. The highest BCUT2D eigenvalue weighted by Gasteiger charge is 2.25. The lowest BCUT2D eigenvalue weighted by Crippen LogP contribution is -2.35. The molecule has 3 aromatic rings. The zero-order valence-electron chi connectivity index (χ0n) is 17.4. The van der Waals surface area contributed by atoms with Gasteiger partial charge in [0, 0.05) is 17.1 Å². The molecule has 4 rings (SSSR count). The zero-order valence-corrected chi connectivity index (χ0v) is 18.2. The molecule has 1 heterocycles. The quantitative estimate of drug-likeness (QED) is 0.577. The molecule has 0 saturated heterocycles. The molecule has 2 N–H and O–H groups in total. The number of urea groups is 1. The third-order valence-electron chi connectivity index (χ3n) is 5.16. The fraction of sp³-hybridized carbons (Fsp3) is 0.200. The summed E-state index contributed by atoms with van der Waals surface area (Å²) in [6, 6.07) is 23.7. The van der Waals surface area contributed by atoms with E-state index in [1.807, 2.05) is 67.6 Å². The van der Waals surface area contributed by atoms with Crippen LogP contribution in [0.4, 0.5) is 16.2 Å². The molecule has 3 amide bonds. The van der Waals surface area contributed by atoms with E-state index in [4.69, 9.17) is 0 Å². The third-order valence-corrected chi connectivity index (χ3v) is 6.21. The highest BCUT2D eigenvalue weighted by Crippen LogP contribution is 2.38. The molecule has 31 heavy (non-hydrogen) atoms. The van der Waals surface area contributed by atoms with Crippen molar-refractivity contribution in [1.29, 1.82) is 0 Å². The molecule has 0 bridgehead atoms. The number of benzene rings is 3. The van der Waals surface area contributed by atoms with E-state index < -0.39 is 0 Å². The van der Waals surface area contributed by atoms with Crippen molar-refractivity contribution in [2.45, 2.75) is 24.8 Å². The second-order valence-electron chi connectivity index (χ2n) is 7.55. The Morgan fingerprint density at radius 2 is 1.77 bits per heavy atom. The molecule has 0 unspecified atom stereocenters. The summed E-state index contributed by atoms with van der Waals surface area (Å²) in [4.78, 5) is 27.8. The number of thioether (sulfide) groups is 1. The van der Waals surface area contributed by atoms with E-state index in [0.29, 0.717) is 24.5 Å². The molecule has 0 spiro atoms. The smallest absolute Gasteiger partial charge is 0.319 e. The molecular weight excluding hydrogens is 406 g/mol. The van der Waals surface area contributed by atoms with Gasteiger partial charge in [0.15, 0.2) is 0 Å². The van der Waals surface area contributed by atoms with Gasteiger partial charge in [-0.1, -0.05) is 60.2 Å². The molecule has 1 aliphatic heterocycles. The second kappa shape index (κ2) is 9.71. The van der Waals surface area contributed by atoms with Gasteiger partial charge in [-0.25, -0.2) is 4.79 Å². The molecule has 158 valence electrons. The van der Waals surface area contributed by atoms with Crippen LogP contribution in [-0.2, 0) is 17.8 Å². The summed E-state index contributed by atoms with van der Waals surface area (Å²) < 4.78 is 0.